The summed E-state index contributed by atoms with van der Waals surface area (Å²) in [7, 11) is 0. The zero-order chi connectivity index (χ0) is 34.3. The normalized spacial score (nSPS) is 12.4. The van der Waals surface area contributed by atoms with Crippen LogP contribution >= 0.6 is 0 Å². The number of hydrogen-bond donors (Lipinski definition) is 2. The Morgan fingerprint density at radius 2 is 1.02 bits per heavy atom. The molecule has 0 aromatic heterocycles. The summed E-state index contributed by atoms with van der Waals surface area (Å²) in [4.78, 5) is 13.2. The van der Waals surface area contributed by atoms with Gasteiger partial charge in [0.25, 0.3) is 0 Å². The molecule has 47 heavy (non-hydrogen) atoms. The Balaban J connectivity index is 1.92. The van der Waals surface area contributed by atoms with Crippen LogP contribution in [0.3, 0.4) is 0 Å². The molecule has 266 valence electrons. The van der Waals surface area contributed by atoms with E-state index in [1.165, 1.54) is 116 Å². The van der Waals surface area contributed by atoms with Crippen LogP contribution < -0.4 is 0 Å². The van der Waals surface area contributed by atoms with Gasteiger partial charge >= 0.3 is 5.97 Å². The number of phenolic OH excluding ortho intramolecular Hbond substituents is 2. The Hall–Kier alpha value is -2.49. The molecular weight excluding hydrogens is 580 g/mol. The topological polar surface area (TPSA) is 66.8 Å². The van der Waals surface area contributed by atoms with Gasteiger partial charge in [-0.25, -0.2) is 0 Å². The molecule has 0 spiro atoms. The summed E-state index contributed by atoms with van der Waals surface area (Å²) in [5, 5.41) is 20.4. The quantitative estimate of drug-likeness (QED) is 0.0746. The van der Waals surface area contributed by atoms with Gasteiger partial charge in [0.15, 0.2) is 0 Å². The van der Waals surface area contributed by atoms with E-state index in [0.717, 1.165) is 35.1 Å². The van der Waals surface area contributed by atoms with Crippen molar-refractivity contribution in [3.8, 4) is 11.5 Å². The van der Waals surface area contributed by atoms with Gasteiger partial charge < -0.3 is 14.9 Å². The fourth-order valence-corrected chi connectivity index (χ4v) is 6.89. The zero-order valence-corrected chi connectivity index (χ0v) is 31.0. The maximum Gasteiger partial charge on any atom is 0.305 e. The van der Waals surface area contributed by atoms with E-state index >= 15 is 0 Å². The maximum absolute atomic E-state index is 13.2. The standard InChI is InChI=1S/C43H70O4/c1-6-8-10-12-14-16-17-19-21-23-25-37(24-22-20-18-15-13-11-9-7-2)34-47-42(46)30-31-43(5,38-26-28-40(44)35(3)32-38)39-27-29-41(45)36(4)33-39/h26-29,32-33,37,44-45H,6-25,30-31,34H2,1-5H3. The van der Waals surface area contributed by atoms with Gasteiger partial charge in [-0.2, -0.15) is 0 Å². The van der Waals surface area contributed by atoms with Crippen molar-refractivity contribution in [2.24, 2.45) is 5.92 Å². The second kappa shape index (κ2) is 23.8. The van der Waals surface area contributed by atoms with Crippen molar-refractivity contribution < 1.29 is 19.7 Å². The van der Waals surface area contributed by atoms with Crippen LogP contribution in [0.1, 0.15) is 184 Å². The third-order valence-corrected chi connectivity index (χ3v) is 10.4. The van der Waals surface area contributed by atoms with E-state index in [1.54, 1.807) is 12.1 Å². The number of benzene rings is 2. The molecule has 2 aromatic rings. The number of carbonyl (C=O) groups is 1. The molecule has 0 aliphatic carbocycles. The average Bonchev–Trinajstić information content (AvgIpc) is 3.06. The van der Waals surface area contributed by atoms with Gasteiger partial charge in [0.2, 0.25) is 0 Å². The molecule has 1 unspecified atom stereocenters. The summed E-state index contributed by atoms with van der Waals surface area (Å²) in [6.45, 7) is 11.0. The highest BCUT2D eigenvalue weighted by molar-refractivity contribution is 5.69. The van der Waals surface area contributed by atoms with Crippen LogP contribution in [-0.2, 0) is 14.9 Å². The molecule has 4 heteroatoms. The molecule has 1 atom stereocenters. The number of ether oxygens (including phenoxy) is 1. The first-order chi connectivity index (χ1) is 22.7. The first-order valence-electron chi connectivity index (χ1n) is 19.5. The van der Waals surface area contributed by atoms with Gasteiger partial charge in [0, 0.05) is 11.8 Å². The molecule has 0 bridgehead atoms. The predicted octanol–water partition coefficient (Wildman–Crippen LogP) is 12.8. The van der Waals surface area contributed by atoms with Crippen LogP contribution in [-0.4, -0.2) is 22.8 Å². The van der Waals surface area contributed by atoms with E-state index in [1.807, 2.05) is 38.1 Å². The van der Waals surface area contributed by atoms with E-state index in [-0.39, 0.29) is 17.5 Å². The third-order valence-electron chi connectivity index (χ3n) is 10.4. The molecule has 2 N–H and O–H groups in total. The molecule has 0 saturated heterocycles. The largest absolute Gasteiger partial charge is 0.508 e. The van der Waals surface area contributed by atoms with Crippen molar-refractivity contribution in [2.75, 3.05) is 6.61 Å². The van der Waals surface area contributed by atoms with E-state index < -0.39 is 5.41 Å². The van der Waals surface area contributed by atoms with Gasteiger partial charge in [0.1, 0.15) is 11.5 Å². The first kappa shape index (κ1) is 40.7. The van der Waals surface area contributed by atoms with Crippen molar-refractivity contribution >= 4 is 5.97 Å². The lowest BCUT2D eigenvalue weighted by Gasteiger charge is -2.32. The Bertz CT molecular complexity index is 1070. The highest BCUT2D eigenvalue weighted by Gasteiger charge is 2.31. The van der Waals surface area contributed by atoms with Gasteiger partial charge in [-0.15, -0.1) is 0 Å². The second-order valence-electron chi connectivity index (χ2n) is 14.6. The minimum Gasteiger partial charge on any atom is -0.508 e. The molecule has 0 saturated carbocycles. The highest BCUT2D eigenvalue weighted by Crippen LogP contribution is 2.39. The smallest absolute Gasteiger partial charge is 0.305 e. The van der Waals surface area contributed by atoms with E-state index in [4.69, 9.17) is 4.74 Å². The molecule has 0 heterocycles. The van der Waals surface area contributed by atoms with Gasteiger partial charge in [-0.05, 0) is 73.4 Å². The monoisotopic (exact) mass is 651 g/mol. The lowest BCUT2D eigenvalue weighted by molar-refractivity contribution is -0.145. The molecule has 4 nitrogen and oxygen atoms in total. The van der Waals surface area contributed by atoms with Crippen LogP contribution in [0.5, 0.6) is 11.5 Å². The number of esters is 1. The number of aromatic hydroxyl groups is 2. The van der Waals surface area contributed by atoms with Gasteiger partial charge in [-0.1, -0.05) is 161 Å². The van der Waals surface area contributed by atoms with Crippen LogP contribution in [0.4, 0.5) is 0 Å². The lowest BCUT2D eigenvalue weighted by atomic mass is 9.72. The number of unbranched alkanes of at least 4 members (excludes halogenated alkanes) is 16. The minimum atomic E-state index is -0.470. The highest BCUT2D eigenvalue weighted by atomic mass is 16.5. The van der Waals surface area contributed by atoms with E-state index in [0.29, 0.717) is 25.4 Å². The lowest BCUT2D eigenvalue weighted by Crippen LogP contribution is -2.26. The summed E-state index contributed by atoms with van der Waals surface area (Å²) < 4.78 is 6.00. The summed E-state index contributed by atoms with van der Waals surface area (Å²) >= 11 is 0. The molecule has 2 aromatic carbocycles. The van der Waals surface area contributed by atoms with Crippen LogP contribution in [0, 0.1) is 19.8 Å². The predicted molar refractivity (Wildman–Crippen MR) is 200 cm³/mol. The van der Waals surface area contributed by atoms with Crippen molar-refractivity contribution in [1.82, 2.24) is 0 Å². The second-order valence-corrected chi connectivity index (χ2v) is 14.6. The van der Waals surface area contributed by atoms with Crippen LogP contribution in [0.2, 0.25) is 0 Å². The Kier molecular flexibility index (Phi) is 20.6. The Morgan fingerprint density at radius 3 is 1.40 bits per heavy atom. The zero-order valence-electron chi connectivity index (χ0n) is 31.0. The first-order valence-corrected chi connectivity index (χ1v) is 19.5. The van der Waals surface area contributed by atoms with E-state index in [9.17, 15) is 15.0 Å². The summed E-state index contributed by atoms with van der Waals surface area (Å²) in [5.41, 5.74) is 3.23. The number of aryl methyl sites for hydroxylation is 2. The fraction of sp³-hybridized carbons (Fsp3) is 0.698. The number of hydrogen-bond acceptors (Lipinski definition) is 4. The van der Waals surface area contributed by atoms with Gasteiger partial charge in [0.05, 0.1) is 6.61 Å². The maximum atomic E-state index is 13.2. The molecule has 0 radical (unpaired) electrons. The molecule has 0 fully saturated rings. The molecule has 0 amide bonds. The summed E-state index contributed by atoms with van der Waals surface area (Å²) in [6, 6.07) is 11.4. The van der Waals surface area contributed by atoms with Crippen LogP contribution in [0.15, 0.2) is 36.4 Å². The number of rotatable bonds is 27. The minimum absolute atomic E-state index is 0.133. The van der Waals surface area contributed by atoms with Gasteiger partial charge in [-0.3, -0.25) is 4.79 Å². The average molecular weight is 651 g/mol. The van der Waals surface area contributed by atoms with Crippen molar-refractivity contribution in [1.29, 1.82) is 0 Å². The van der Waals surface area contributed by atoms with E-state index in [2.05, 4.69) is 20.8 Å². The fourth-order valence-electron chi connectivity index (χ4n) is 6.89. The summed E-state index contributed by atoms with van der Waals surface area (Å²) in [5.74, 6) is 0.842. The molecule has 0 aliphatic heterocycles. The summed E-state index contributed by atoms with van der Waals surface area (Å²) in [6.07, 6.45) is 27.2. The number of phenols is 2. The SMILES string of the molecule is CCCCCCCCCCCCC(CCCCCCCCCC)COC(=O)CCC(C)(c1ccc(O)c(C)c1)c1ccc(O)c(C)c1. The van der Waals surface area contributed by atoms with Crippen molar-refractivity contribution in [2.45, 2.75) is 181 Å². The Morgan fingerprint density at radius 1 is 0.638 bits per heavy atom. The molecule has 2 rings (SSSR count). The molecule has 0 aliphatic rings. The van der Waals surface area contributed by atoms with Crippen LogP contribution in [0.25, 0.3) is 0 Å². The Labute approximate surface area is 289 Å². The van der Waals surface area contributed by atoms with Crippen molar-refractivity contribution in [3.05, 3.63) is 58.7 Å². The molecular formula is C43H70O4. The third kappa shape index (κ3) is 16.0. The van der Waals surface area contributed by atoms with Crippen molar-refractivity contribution in [3.63, 3.8) is 0 Å². The number of carbonyl (C=O) groups excluding carboxylic acids is 1.